The third kappa shape index (κ3) is 2.07. The predicted octanol–water partition coefficient (Wildman–Crippen LogP) is 0.988. The minimum Gasteiger partial charge on any atom is -0.320 e. The van der Waals surface area contributed by atoms with E-state index in [1.807, 2.05) is 0 Å². The lowest BCUT2D eigenvalue weighted by Gasteiger charge is -2.20. The molecule has 0 atom stereocenters. The number of carbonyl (C=O) groups is 1. The molecule has 1 aromatic rings. The van der Waals surface area contributed by atoms with Crippen molar-refractivity contribution in [1.82, 2.24) is 14.9 Å². The van der Waals surface area contributed by atoms with Gasteiger partial charge in [-0.25, -0.2) is 4.98 Å². The van der Waals surface area contributed by atoms with E-state index in [0.29, 0.717) is 12.2 Å². The maximum atomic E-state index is 12.8. The quantitative estimate of drug-likeness (QED) is 0.821. The van der Waals surface area contributed by atoms with Gasteiger partial charge in [-0.05, 0) is 0 Å². The lowest BCUT2D eigenvalue weighted by atomic mass is 10.3. The zero-order valence-electron chi connectivity index (χ0n) is 10.0. The van der Waals surface area contributed by atoms with Gasteiger partial charge in [0.05, 0.1) is 5.69 Å². The van der Waals surface area contributed by atoms with Gasteiger partial charge >= 0.3 is 6.18 Å². The van der Waals surface area contributed by atoms with E-state index in [9.17, 15) is 18.0 Å². The van der Waals surface area contributed by atoms with E-state index >= 15 is 0 Å². The number of hydrogen-bond acceptors (Lipinski definition) is 3. The molecule has 0 saturated heterocycles. The molecule has 1 aromatic heterocycles. The first-order valence-corrected chi connectivity index (χ1v) is 5.44. The van der Waals surface area contributed by atoms with Crippen molar-refractivity contribution in [3.05, 3.63) is 11.5 Å². The molecule has 2 heterocycles. The Morgan fingerprint density at radius 1 is 1.50 bits per heavy atom. The Kier molecular flexibility index (Phi) is 3.05. The summed E-state index contributed by atoms with van der Waals surface area (Å²) < 4.78 is 39.7. The molecule has 1 N–H and O–H groups in total. The number of nitrogens with zero attached hydrogens (tertiary/aromatic N) is 3. The summed E-state index contributed by atoms with van der Waals surface area (Å²) in [5.74, 6) is -1.22. The molecule has 0 bridgehead atoms. The molecule has 2 rings (SSSR count). The molecule has 0 radical (unpaired) electrons. The number of carbonyl (C=O) groups excluding carboxylic acids is 1. The van der Waals surface area contributed by atoms with Crippen molar-refractivity contribution >= 4 is 11.7 Å². The fourth-order valence-corrected chi connectivity index (χ4v) is 1.92. The van der Waals surface area contributed by atoms with Gasteiger partial charge in [0.15, 0.2) is 5.82 Å². The number of imidazole rings is 1. The number of hydrogen-bond donors (Lipinski definition) is 1. The largest absolute Gasteiger partial charge is 0.449 e. The third-order valence-corrected chi connectivity index (χ3v) is 2.90. The topological polar surface area (TPSA) is 50.2 Å². The van der Waals surface area contributed by atoms with E-state index in [1.54, 1.807) is 0 Å². The van der Waals surface area contributed by atoms with Crippen molar-refractivity contribution in [2.24, 2.45) is 0 Å². The van der Waals surface area contributed by atoms with E-state index in [0.717, 1.165) is 9.47 Å². The number of halogens is 3. The maximum absolute atomic E-state index is 12.8. The van der Waals surface area contributed by atoms with E-state index < -0.39 is 12.0 Å². The highest BCUT2D eigenvalue weighted by Crippen LogP contribution is 2.33. The van der Waals surface area contributed by atoms with Crippen LogP contribution in [0.5, 0.6) is 0 Å². The number of rotatable bonds is 1. The van der Waals surface area contributed by atoms with Crippen LogP contribution >= 0.6 is 0 Å². The van der Waals surface area contributed by atoms with Crippen LogP contribution in [0.25, 0.3) is 0 Å². The van der Waals surface area contributed by atoms with Crippen LogP contribution in [-0.4, -0.2) is 29.1 Å². The highest BCUT2D eigenvalue weighted by atomic mass is 19.4. The summed E-state index contributed by atoms with van der Waals surface area (Å²) in [6.45, 7) is 2.21. The smallest absolute Gasteiger partial charge is 0.320 e. The molecular formula is C10H13F3N4O. The second kappa shape index (κ2) is 4.27. The molecule has 0 spiro atoms. The zero-order chi connectivity index (χ0) is 13.5. The van der Waals surface area contributed by atoms with Crippen LogP contribution in [-0.2, 0) is 24.1 Å². The van der Waals surface area contributed by atoms with Crippen molar-refractivity contribution in [1.29, 1.82) is 0 Å². The van der Waals surface area contributed by atoms with Crippen LogP contribution in [0.3, 0.4) is 0 Å². The van der Waals surface area contributed by atoms with Gasteiger partial charge in [-0.15, -0.1) is 0 Å². The third-order valence-electron chi connectivity index (χ3n) is 2.90. The first-order valence-electron chi connectivity index (χ1n) is 5.44. The number of aromatic nitrogens is 2. The lowest BCUT2D eigenvalue weighted by molar-refractivity contribution is -0.147. The van der Waals surface area contributed by atoms with Crippen LogP contribution < -0.4 is 10.2 Å². The van der Waals surface area contributed by atoms with Gasteiger partial charge in [-0.1, -0.05) is 0 Å². The second-order valence-corrected chi connectivity index (χ2v) is 4.11. The molecule has 100 valence electrons. The Morgan fingerprint density at radius 2 is 2.17 bits per heavy atom. The SMILES string of the molecule is CC(=O)N(C)c1nc(C(F)(F)F)n2c1CNCC2. The molecule has 18 heavy (non-hydrogen) atoms. The average molecular weight is 262 g/mol. The molecule has 0 saturated carbocycles. The summed E-state index contributed by atoms with van der Waals surface area (Å²) in [5.41, 5.74) is 0.395. The maximum Gasteiger partial charge on any atom is 0.449 e. The Balaban J connectivity index is 2.55. The Hall–Kier alpha value is -1.57. The normalized spacial score (nSPS) is 15.4. The molecule has 1 aliphatic heterocycles. The Labute approximate surface area is 102 Å². The number of amides is 1. The van der Waals surface area contributed by atoms with Gasteiger partial charge in [-0.2, -0.15) is 13.2 Å². The molecule has 1 amide bonds. The monoisotopic (exact) mass is 262 g/mol. The van der Waals surface area contributed by atoms with Crippen molar-refractivity contribution in [2.75, 3.05) is 18.5 Å². The van der Waals surface area contributed by atoms with Crippen molar-refractivity contribution < 1.29 is 18.0 Å². The number of fused-ring (bicyclic) bond motifs is 1. The highest BCUT2D eigenvalue weighted by Gasteiger charge is 2.40. The Morgan fingerprint density at radius 3 is 2.72 bits per heavy atom. The molecule has 1 aliphatic rings. The van der Waals surface area contributed by atoms with E-state index in [2.05, 4.69) is 10.3 Å². The fraction of sp³-hybridized carbons (Fsp3) is 0.600. The lowest BCUT2D eigenvalue weighted by Crippen LogP contribution is -2.32. The highest BCUT2D eigenvalue weighted by molar-refractivity contribution is 5.90. The van der Waals surface area contributed by atoms with Gasteiger partial charge in [0.25, 0.3) is 0 Å². The summed E-state index contributed by atoms with van der Waals surface area (Å²) in [6.07, 6.45) is -4.51. The molecular weight excluding hydrogens is 249 g/mol. The second-order valence-electron chi connectivity index (χ2n) is 4.11. The molecule has 0 unspecified atom stereocenters. The number of alkyl halides is 3. The first kappa shape index (κ1) is 12.9. The molecule has 0 fully saturated rings. The molecule has 0 aromatic carbocycles. The molecule has 5 nitrogen and oxygen atoms in total. The minimum absolute atomic E-state index is 0.0713. The van der Waals surface area contributed by atoms with Gasteiger partial charge in [0.1, 0.15) is 0 Å². The van der Waals surface area contributed by atoms with Crippen molar-refractivity contribution in [3.63, 3.8) is 0 Å². The van der Waals surface area contributed by atoms with Crippen LogP contribution in [0.2, 0.25) is 0 Å². The van der Waals surface area contributed by atoms with Gasteiger partial charge in [-0.3, -0.25) is 9.69 Å². The summed E-state index contributed by atoms with van der Waals surface area (Å²) in [4.78, 5) is 16.0. The van der Waals surface area contributed by atoms with Crippen LogP contribution in [0, 0.1) is 0 Å². The summed E-state index contributed by atoms with van der Waals surface area (Å²) >= 11 is 0. The number of anilines is 1. The summed E-state index contributed by atoms with van der Waals surface area (Å²) in [5, 5.41) is 2.97. The van der Waals surface area contributed by atoms with Gasteiger partial charge in [0.2, 0.25) is 11.7 Å². The summed E-state index contributed by atoms with van der Waals surface area (Å²) in [7, 11) is 1.42. The zero-order valence-corrected chi connectivity index (χ0v) is 10.0. The van der Waals surface area contributed by atoms with E-state index in [1.165, 1.54) is 14.0 Å². The minimum atomic E-state index is -4.51. The number of nitrogens with one attached hydrogen (secondary N) is 1. The fourth-order valence-electron chi connectivity index (χ4n) is 1.92. The average Bonchev–Trinajstić information content (AvgIpc) is 2.66. The summed E-state index contributed by atoms with van der Waals surface area (Å²) in [6, 6.07) is 0. The van der Waals surface area contributed by atoms with Crippen molar-refractivity contribution in [2.45, 2.75) is 26.2 Å². The predicted molar refractivity (Wildman–Crippen MR) is 58.0 cm³/mol. The molecule has 8 heteroatoms. The van der Waals surface area contributed by atoms with Crippen LogP contribution in [0.15, 0.2) is 0 Å². The van der Waals surface area contributed by atoms with Crippen LogP contribution in [0.1, 0.15) is 18.4 Å². The Bertz CT molecular complexity index is 480. The van der Waals surface area contributed by atoms with Gasteiger partial charge in [0, 0.05) is 33.6 Å². The standard InChI is InChI=1S/C10H13F3N4O/c1-6(18)16(2)8-7-5-14-3-4-17(7)9(15-8)10(11,12)13/h14H,3-5H2,1-2H3. The van der Waals surface area contributed by atoms with E-state index in [4.69, 9.17) is 0 Å². The van der Waals surface area contributed by atoms with Crippen molar-refractivity contribution in [3.8, 4) is 0 Å². The van der Waals surface area contributed by atoms with Crippen LogP contribution in [0.4, 0.5) is 19.0 Å². The van der Waals surface area contributed by atoms with E-state index in [-0.39, 0.29) is 24.8 Å². The first-order chi connectivity index (χ1) is 8.32. The van der Waals surface area contributed by atoms with Gasteiger partial charge < -0.3 is 9.88 Å². The molecule has 0 aliphatic carbocycles.